The van der Waals surface area contributed by atoms with Gasteiger partial charge in [-0.25, -0.2) is 4.39 Å². The quantitative estimate of drug-likeness (QED) is 0.920. The van der Waals surface area contributed by atoms with Gasteiger partial charge in [0.15, 0.2) is 0 Å². The van der Waals surface area contributed by atoms with Crippen molar-refractivity contribution in [3.63, 3.8) is 0 Å². The molecule has 1 N–H and O–H groups in total. The fourth-order valence-corrected chi connectivity index (χ4v) is 3.01. The van der Waals surface area contributed by atoms with Gasteiger partial charge in [-0.3, -0.25) is 9.59 Å². The minimum atomic E-state index is -0.679. The van der Waals surface area contributed by atoms with E-state index in [4.69, 9.17) is 11.6 Å². The lowest BCUT2D eigenvalue weighted by Gasteiger charge is -2.24. The van der Waals surface area contributed by atoms with E-state index in [1.54, 1.807) is 12.1 Å². The smallest absolute Gasteiger partial charge is 0.257 e. The van der Waals surface area contributed by atoms with Crippen molar-refractivity contribution in [2.45, 2.75) is 18.9 Å². The van der Waals surface area contributed by atoms with Crippen LogP contribution in [0.3, 0.4) is 0 Å². The fraction of sp³-hybridized carbons (Fsp3) is 0.222. The predicted octanol–water partition coefficient (Wildman–Crippen LogP) is 3.72. The van der Waals surface area contributed by atoms with E-state index >= 15 is 0 Å². The first-order valence-electron chi connectivity index (χ1n) is 7.68. The number of hydrogen-bond acceptors (Lipinski definition) is 2. The standard InChI is InChI=1S/C18H16ClFN2O2/c19-12-8-9-14(15(20)11-12)18(24)22-10-4-7-16(22)17(23)21-13-5-2-1-3-6-13/h1-3,5-6,8-9,11,16H,4,7,10H2,(H,21,23)/t16-/m0/s1. The molecule has 24 heavy (non-hydrogen) atoms. The van der Waals surface area contributed by atoms with Crippen LogP contribution in [0.5, 0.6) is 0 Å². The van der Waals surface area contributed by atoms with Crippen LogP contribution in [0.15, 0.2) is 48.5 Å². The Kier molecular flexibility index (Phi) is 4.81. The van der Waals surface area contributed by atoms with Crippen LogP contribution < -0.4 is 5.32 Å². The molecule has 6 heteroatoms. The lowest BCUT2D eigenvalue weighted by Crippen LogP contribution is -2.43. The molecule has 1 heterocycles. The van der Waals surface area contributed by atoms with E-state index in [-0.39, 0.29) is 16.5 Å². The van der Waals surface area contributed by atoms with Gasteiger partial charge >= 0.3 is 0 Å². The summed E-state index contributed by atoms with van der Waals surface area (Å²) in [5, 5.41) is 3.02. The van der Waals surface area contributed by atoms with Crippen molar-refractivity contribution in [3.05, 3.63) is 64.9 Å². The Bertz CT molecular complexity index is 767. The zero-order valence-electron chi connectivity index (χ0n) is 12.8. The molecule has 4 nitrogen and oxygen atoms in total. The summed E-state index contributed by atoms with van der Waals surface area (Å²) in [5.41, 5.74) is 0.596. The highest BCUT2D eigenvalue weighted by atomic mass is 35.5. The number of benzene rings is 2. The molecule has 0 spiro atoms. The van der Waals surface area contributed by atoms with Gasteiger partial charge in [0.2, 0.25) is 5.91 Å². The largest absolute Gasteiger partial charge is 0.327 e. The van der Waals surface area contributed by atoms with Crippen molar-refractivity contribution < 1.29 is 14.0 Å². The third-order valence-corrected chi connectivity index (χ3v) is 4.25. The Hall–Kier alpha value is -2.40. The molecule has 0 radical (unpaired) electrons. The summed E-state index contributed by atoms with van der Waals surface area (Å²) in [6.45, 7) is 0.424. The number of nitrogens with one attached hydrogen (secondary N) is 1. The van der Waals surface area contributed by atoms with Crippen LogP contribution in [0.1, 0.15) is 23.2 Å². The van der Waals surface area contributed by atoms with Gasteiger partial charge in [0.05, 0.1) is 5.56 Å². The number of para-hydroxylation sites is 1. The molecular formula is C18H16ClFN2O2. The maximum absolute atomic E-state index is 14.0. The van der Waals surface area contributed by atoms with E-state index in [0.717, 1.165) is 6.07 Å². The minimum absolute atomic E-state index is 0.0705. The van der Waals surface area contributed by atoms with E-state index in [1.807, 2.05) is 18.2 Å². The minimum Gasteiger partial charge on any atom is -0.327 e. The monoisotopic (exact) mass is 346 g/mol. The van der Waals surface area contributed by atoms with Crippen molar-refractivity contribution in [2.24, 2.45) is 0 Å². The molecule has 2 amide bonds. The number of halogens is 2. The molecule has 2 aromatic carbocycles. The van der Waals surface area contributed by atoms with Crippen molar-refractivity contribution in [1.82, 2.24) is 4.90 Å². The van der Waals surface area contributed by atoms with E-state index in [1.165, 1.54) is 17.0 Å². The summed E-state index contributed by atoms with van der Waals surface area (Å²) < 4.78 is 14.0. The summed E-state index contributed by atoms with van der Waals surface area (Å²) in [6, 6.07) is 12.3. The van der Waals surface area contributed by atoms with Crippen LogP contribution in [-0.4, -0.2) is 29.3 Å². The number of likely N-dealkylation sites (tertiary alicyclic amines) is 1. The Morgan fingerprint density at radius 3 is 2.62 bits per heavy atom. The number of rotatable bonds is 3. The molecule has 1 atom stereocenters. The molecule has 0 aromatic heterocycles. The first kappa shape index (κ1) is 16.5. The average molecular weight is 347 g/mol. The molecule has 1 aliphatic heterocycles. The van der Waals surface area contributed by atoms with Gasteiger partial charge in [-0.2, -0.15) is 0 Å². The second-order valence-corrected chi connectivity index (χ2v) is 6.07. The van der Waals surface area contributed by atoms with E-state index in [9.17, 15) is 14.0 Å². The molecule has 0 bridgehead atoms. The van der Waals surface area contributed by atoms with Crippen LogP contribution in [-0.2, 0) is 4.79 Å². The van der Waals surface area contributed by atoms with Crippen molar-refractivity contribution in [2.75, 3.05) is 11.9 Å². The average Bonchev–Trinajstić information content (AvgIpc) is 3.05. The topological polar surface area (TPSA) is 49.4 Å². The predicted molar refractivity (Wildman–Crippen MR) is 90.5 cm³/mol. The highest BCUT2D eigenvalue weighted by Crippen LogP contribution is 2.24. The Labute approximate surface area is 144 Å². The first-order chi connectivity index (χ1) is 11.6. The molecular weight excluding hydrogens is 331 g/mol. The van der Waals surface area contributed by atoms with Gasteiger partial charge in [-0.15, -0.1) is 0 Å². The van der Waals surface area contributed by atoms with Crippen LogP contribution >= 0.6 is 11.6 Å². The highest BCUT2D eigenvalue weighted by Gasteiger charge is 2.35. The molecule has 0 saturated carbocycles. The number of nitrogens with zero attached hydrogens (tertiary/aromatic N) is 1. The lowest BCUT2D eigenvalue weighted by molar-refractivity contribution is -0.119. The molecule has 0 unspecified atom stereocenters. The normalized spacial score (nSPS) is 16.9. The number of hydrogen-bond donors (Lipinski definition) is 1. The second kappa shape index (κ2) is 7.01. The highest BCUT2D eigenvalue weighted by molar-refractivity contribution is 6.30. The van der Waals surface area contributed by atoms with E-state index in [2.05, 4.69) is 5.32 Å². The van der Waals surface area contributed by atoms with Crippen molar-refractivity contribution in [1.29, 1.82) is 0 Å². The van der Waals surface area contributed by atoms with E-state index in [0.29, 0.717) is 25.1 Å². The lowest BCUT2D eigenvalue weighted by atomic mass is 10.1. The molecule has 1 fully saturated rings. The Morgan fingerprint density at radius 2 is 1.92 bits per heavy atom. The molecule has 124 valence electrons. The Morgan fingerprint density at radius 1 is 1.17 bits per heavy atom. The van der Waals surface area contributed by atoms with Gasteiger partial charge in [0.1, 0.15) is 11.9 Å². The van der Waals surface area contributed by atoms with Gasteiger partial charge in [0.25, 0.3) is 5.91 Å². The second-order valence-electron chi connectivity index (χ2n) is 5.64. The fourth-order valence-electron chi connectivity index (χ4n) is 2.85. The third-order valence-electron chi connectivity index (χ3n) is 4.02. The number of amides is 2. The summed E-state index contributed by atoms with van der Waals surface area (Å²) in [6.07, 6.45) is 1.26. The van der Waals surface area contributed by atoms with Gasteiger partial charge in [-0.1, -0.05) is 29.8 Å². The first-order valence-corrected chi connectivity index (χ1v) is 8.06. The maximum atomic E-state index is 14.0. The van der Waals surface area contributed by atoms with Crippen LogP contribution in [0.25, 0.3) is 0 Å². The van der Waals surface area contributed by atoms with Gasteiger partial charge in [0, 0.05) is 17.3 Å². The van der Waals surface area contributed by atoms with Crippen LogP contribution in [0.4, 0.5) is 10.1 Å². The third kappa shape index (κ3) is 3.41. The van der Waals surface area contributed by atoms with Crippen LogP contribution in [0.2, 0.25) is 5.02 Å². The zero-order valence-corrected chi connectivity index (χ0v) is 13.6. The van der Waals surface area contributed by atoms with Crippen molar-refractivity contribution >= 4 is 29.1 Å². The Balaban J connectivity index is 1.77. The summed E-state index contributed by atoms with van der Waals surface area (Å²) in [5.74, 6) is -1.43. The van der Waals surface area contributed by atoms with Crippen molar-refractivity contribution in [3.8, 4) is 0 Å². The van der Waals surface area contributed by atoms with Gasteiger partial charge < -0.3 is 10.2 Å². The molecule has 3 rings (SSSR count). The van der Waals surface area contributed by atoms with E-state index < -0.39 is 17.8 Å². The number of anilines is 1. The van der Waals surface area contributed by atoms with Crippen LogP contribution in [0, 0.1) is 5.82 Å². The maximum Gasteiger partial charge on any atom is 0.257 e. The van der Waals surface area contributed by atoms with Gasteiger partial charge in [-0.05, 0) is 43.2 Å². The number of carbonyl (C=O) groups excluding carboxylic acids is 2. The number of carbonyl (C=O) groups is 2. The zero-order chi connectivity index (χ0) is 17.1. The molecule has 1 saturated heterocycles. The summed E-state index contributed by atoms with van der Waals surface area (Å²) in [7, 11) is 0. The molecule has 1 aliphatic rings. The summed E-state index contributed by atoms with van der Waals surface area (Å²) in [4.78, 5) is 26.5. The molecule has 0 aliphatic carbocycles. The molecule has 2 aromatic rings. The summed E-state index contributed by atoms with van der Waals surface area (Å²) >= 11 is 5.72. The SMILES string of the molecule is O=C(Nc1ccccc1)[C@@H]1CCCN1C(=O)c1ccc(Cl)cc1F.